The van der Waals surface area contributed by atoms with Crippen molar-refractivity contribution < 1.29 is 28.5 Å². The van der Waals surface area contributed by atoms with Crippen LogP contribution in [0, 0.1) is 11.8 Å². The lowest BCUT2D eigenvalue weighted by Gasteiger charge is -2.19. The number of ether oxygens (including phenoxy) is 4. The van der Waals surface area contributed by atoms with Crippen molar-refractivity contribution in [2.24, 2.45) is 11.8 Å². The summed E-state index contributed by atoms with van der Waals surface area (Å²) in [5, 5.41) is 0. The van der Waals surface area contributed by atoms with Crippen LogP contribution in [0.5, 0.6) is 0 Å². The highest BCUT2D eigenvalue weighted by molar-refractivity contribution is 5.91. The van der Waals surface area contributed by atoms with E-state index in [1.165, 1.54) is 0 Å². The summed E-state index contributed by atoms with van der Waals surface area (Å²) in [6, 6.07) is 0. The predicted molar refractivity (Wildman–Crippen MR) is 78.5 cm³/mol. The van der Waals surface area contributed by atoms with E-state index in [1.807, 2.05) is 0 Å². The van der Waals surface area contributed by atoms with Crippen LogP contribution in [0.15, 0.2) is 0 Å². The van der Waals surface area contributed by atoms with Crippen LogP contribution in [0.4, 0.5) is 0 Å². The summed E-state index contributed by atoms with van der Waals surface area (Å²) in [6.07, 6.45) is 7.49. The normalized spacial score (nSPS) is 40.5. The quantitative estimate of drug-likeness (QED) is 0.419. The van der Waals surface area contributed by atoms with Gasteiger partial charge in [-0.05, 0) is 50.4 Å². The minimum absolute atomic E-state index is 0.287. The number of epoxide rings is 2. The summed E-state index contributed by atoms with van der Waals surface area (Å²) in [7, 11) is 0. The average Bonchev–Trinajstić information content (AvgIpc) is 3.43. The minimum atomic E-state index is -0.483. The first-order chi connectivity index (χ1) is 11.2. The Labute approximate surface area is 135 Å². The van der Waals surface area contributed by atoms with Gasteiger partial charge in [0.2, 0.25) is 0 Å². The molecule has 6 nitrogen and oxygen atoms in total. The third-order valence-corrected chi connectivity index (χ3v) is 5.47. The zero-order valence-electron chi connectivity index (χ0n) is 13.3. The van der Waals surface area contributed by atoms with Gasteiger partial charge in [0.1, 0.15) is 6.42 Å². The van der Waals surface area contributed by atoms with Crippen LogP contribution in [-0.4, -0.2) is 49.6 Å². The van der Waals surface area contributed by atoms with Crippen LogP contribution in [-0.2, 0) is 28.5 Å². The largest absolute Gasteiger partial charge is 0.465 e. The van der Waals surface area contributed by atoms with Gasteiger partial charge in [-0.2, -0.15) is 0 Å². The molecule has 128 valence electrons. The van der Waals surface area contributed by atoms with Gasteiger partial charge in [0.25, 0.3) is 0 Å². The van der Waals surface area contributed by atoms with Gasteiger partial charge in [-0.1, -0.05) is 0 Å². The number of rotatable bonds is 6. The molecule has 4 rings (SSSR count). The van der Waals surface area contributed by atoms with Crippen LogP contribution in [0.3, 0.4) is 0 Å². The summed E-state index contributed by atoms with van der Waals surface area (Å²) in [5.74, 6) is -0.231. The molecule has 2 saturated heterocycles. The Bertz CT molecular complexity index is 436. The Morgan fingerprint density at radius 2 is 1.22 bits per heavy atom. The third-order valence-electron chi connectivity index (χ3n) is 5.47. The lowest BCUT2D eigenvalue weighted by molar-refractivity contribution is -0.156. The van der Waals surface area contributed by atoms with Crippen molar-refractivity contribution in [3.63, 3.8) is 0 Å². The zero-order chi connectivity index (χ0) is 15.8. The van der Waals surface area contributed by atoms with E-state index in [4.69, 9.17) is 18.9 Å². The highest BCUT2D eigenvalue weighted by atomic mass is 16.6. The first kappa shape index (κ1) is 15.4. The first-order valence-corrected chi connectivity index (χ1v) is 8.79. The average molecular weight is 324 g/mol. The monoisotopic (exact) mass is 324 g/mol. The second kappa shape index (κ2) is 6.40. The Kier molecular flexibility index (Phi) is 4.28. The number of hydrogen-bond acceptors (Lipinski definition) is 6. The fourth-order valence-corrected chi connectivity index (χ4v) is 3.92. The molecule has 2 aliphatic heterocycles. The molecule has 2 heterocycles. The second-order valence-corrected chi connectivity index (χ2v) is 7.33. The van der Waals surface area contributed by atoms with E-state index in [0.29, 0.717) is 49.5 Å². The summed E-state index contributed by atoms with van der Waals surface area (Å²) in [5.41, 5.74) is 0. The molecule has 0 amide bonds. The van der Waals surface area contributed by atoms with Crippen LogP contribution < -0.4 is 0 Å². The molecule has 0 aromatic carbocycles. The lowest BCUT2D eigenvalue weighted by atomic mass is 9.90. The van der Waals surface area contributed by atoms with Crippen molar-refractivity contribution in [3.05, 3.63) is 0 Å². The van der Waals surface area contributed by atoms with Gasteiger partial charge >= 0.3 is 11.9 Å². The Morgan fingerprint density at radius 1 is 0.739 bits per heavy atom. The zero-order valence-corrected chi connectivity index (χ0v) is 13.3. The van der Waals surface area contributed by atoms with E-state index in [-0.39, 0.29) is 6.42 Å². The van der Waals surface area contributed by atoms with E-state index in [1.54, 1.807) is 0 Å². The van der Waals surface area contributed by atoms with Gasteiger partial charge in [-0.3, -0.25) is 9.59 Å². The Balaban J connectivity index is 1.09. The SMILES string of the molecule is O=C(CC(=O)OCC1CCC2OC2C1)OCC1CCC2OC2C1. The van der Waals surface area contributed by atoms with E-state index in [2.05, 4.69) is 0 Å². The molecule has 0 aromatic heterocycles. The molecular weight excluding hydrogens is 300 g/mol. The number of hydrogen-bond donors (Lipinski definition) is 0. The molecule has 2 saturated carbocycles. The molecular formula is C17H24O6. The van der Waals surface area contributed by atoms with Crippen molar-refractivity contribution in [2.45, 2.75) is 69.4 Å². The Hall–Kier alpha value is -1.14. The highest BCUT2D eigenvalue weighted by Crippen LogP contribution is 2.40. The summed E-state index contributed by atoms with van der Waals surface area (Å²) >= 11 is 0. The molecule has 4 fully saturated rings. The van der Waals surface area contributed by atoms with Crippen molar-refractivity contribution in [1.29, 1.82) is 0 Å². The smallest absolute Gasteiger partial charge is 0.317 e. The molecule has 0 aromatic rings. The van der Waals surface area contributed by atoms with Crippen molar-refractivity contribution in [1.82, 2.24) is 0 Å². The number of fused-ring (bicyclic) bond motifs is 2. The fourth-order valence-electron chi connectivity index (χ4n) is 3.92. The molecule has 2 aliphatic carbocycles. The van der Waals surface area contributed by atoms with E-state index in [0.717, 1.165) is 38.5 Å². The molecule has 0 N–H and O–H groups in total. The number of carbonyl (C=O) groups excluding carboxylic acids is 2. The Morgan fingerprint density at radius 3 is 1.65 bits per heavy atom. The molecule has 4 aliphatic rings. The van der Waals surface area contributed by atoms with Gasteiger partial charge < -0.3 is 18.9 Å². The van der Waals surface area contributed by atoms with Crippen LogP contribution in [0.1, 0.15) is 44.9 Å². The maximum absolute atomic E-state index is 11.7. The predicted octanol–water partition coefficient (Wildman–Crippen LogP) is 1.60. The second-order valence-electron chi connectivity index (χ2n) is 7.33. The van der Waals surface area contributed by atoms with Gasteiger partial charge in [-0.25, -0.2) is 0 Å². The minimum Gasteiger partial charge on any atom is -0.465 e. The molecule has 23 heavy (non-hydrogen) atoms. The molecule has 6 atom stereocenters. The molecule has 6 unspecified atom stereocenters. The summed E-state index contributed by atoms with van der Waals surface area (Å²) in [4.78, 5) is 23.4. The van der Waals surface area contributed by atoms with Gasteiger partial charge in [0, 0.05) is 0 Å². The third kappa shape index (κ3) is 4.04. The number of esters is 2. The van der Waals surface area contributed by atoms with Crippen molar-refractivity contribution in [2.75, 3.05) is 13.2 Å². The molecule has 0 spiro atoms. The standard InChI is InChI=1S/C17H24O6/c18-16(20-8-10-1-3-12-14(5-10)22-12)7-17(19)21-9-11-2-4-13-15(6-11)23-13/h10-15H,1-9H2. The van der Waals surface area contributed by atoms with E-state index < -0.39 is 11.9 Å². The molecule has 0 radical (unpaired) electrons. The fraction of sp³-hybridized carbons (Fsp3) is 0.882. The van der Waals surface area contributed by atoms with Crippen LogP contribution >= 0.6 is 0 Å². The lowest BCUT2D eigenvalue weighted by Crippen LogP contribution is -2.24. The first-order valence-electron chi connectivity index (χ1n) is 8.79. The highest BCUT2D eigenvalue weighted by Gasteiger charge is 2.44. The summed E-state index contributed by atoms with van der Waals surface area (Å²) < 4.78 is 21.4. The van der Waals surface area contributed by atoms with Crippen LogP contribution in [0.25, 0.3) is 0 Å². The van der Waals surface area contributed by atoms with Crippen molar-refractivity contribution >= 4 is 11.9 Å². The van der Waals surface area contributed by atoms with E-state index in [9.17, 15) is 9.59 Å². The maximum Gasteiger partial charge on any atom is 0.317 e. The van der Waals surface area contributed by atoms with Gasteiger partial charge in [-0.15, -0.1) is 0 Å². The molecule has 0 bridgehead atoms. The van der Waals surface area contributed by atoms with Gasteiger partial charge in [0.15, 0.2) is 0 Å². The maximum atomic E-state index is 11.7. The van der Waals surface area contributed by atoms with Gasteiger partial charge in [0.05, 0.1) is 37.6 Å². The number of carbonyl (C=O) groups is 2. The van der Waals surface area contributed by atoms with Crippen LogP contribution in [0.2, 0.25) is 0 Å². The topological polar surface area (TPSA) is 77.7 Å². The molecule has 6 heteroatoms. The van der Waals surface area contributed by atoms with Crippen molar-refractivity contribution in [3.8, 4) is 0 Å². The summed E-state index contributed by atoms with van der Waals surface area (Å²) in [6.45, 7) is 0.781. The van der Waals surface area contributed by atoms with E-state index >= 15 is 0 Å².